The van der Waals surface area contributed by atoms with Crippen LogP contribution in [0, 0.1) is 0 Å². The van der Waals surface area contributed by atoms with Crippen LogP contribution >= 0.6 is 11.8 Å². The summed E-state index contributed by atoms with van der Waals surface area (Å²) in [6.07, 6.45) is 2.79. The zero-order valence-electron chi connectivity index (χ0n) is 11.3. The van der Waals surface area contributed by atoms with Gasteiger partial charge in [0.1, 0.15) is 0 Å². The lowest BCUT2D eigenvalue weighted by atomic mass is 10.3. The third-order valence-corrected chi connectivity index (χ3v) is 4.72. The van der Waals surface area contributed by atoms with E-state index in [2.05, 4.69) is 9.46 Å². The molecule has 0 amide bonds. The highest BCUT2D eigenvalue weighted by atomic mass is 32.2. The highest BCUT2D eigenvalue weighted by Crippen LogP contribution is 2.04. The monoisotopic (exact) mass is 298 g/mol. The van der Waals surface area contributed by atoms with Gasteiger partial charge in [-0.2, -0.15) is 29.2 Å². The van der Waals surface area contributed by atoms with Crippen LogP contribution in [0.15, 0.2) is 0 Å². The lowest BCUT2D eigenvalue weighted by molar-refractivity contribution is -0.140. The van der Waals surface area contributed by atoms with Crippen LogP contribution in [0.25, 0.3) is 0 Å². The maximum atomic E-state index is 11.9. The second kappa shape index (κ2) is 8.73. The van der Waals surface area contributed by atoms with Crippen LogP contribution in [0.5, 0.6) is 0 Å². The van der Waals surface area contributed by atoms with Crippen molar-refractivity contribution in [2.45, 2.75) is 25.8 Å². The second-order valence-corrected chi connectivity index (χ2v) is 6.75. The number of hydrogen-bond acceptors (Lipinski definition) is 5. The summed E-state index contributed by atoms with van der Waals surface area (Å²) in [5.74, 6) is 0.475. The first-order chi connectivity index (χ1) is 8.33. The first-order valence-electron chi connectivity index (χ1n) is 5.62. The van der Waals surface area contributed by atoms with Crippen LogP contribution < -0.4 is 4.72 Å². The van der Waals surface area contributed by atoms with Crippen LogP contribution in [0.4, 0.5) is 0 Å². The summed E-state index contributed by atoms with van der Waals surface area (Å²) in [5, 5.41) is 0. The molecule has 0 radical (unpaired) electrons. The van der Waals surface area contributed by atoms with Crippen molar-refractivity contribution < 1.29 is 17.9 Å². The Morgan fingerprint density at radius 1 is 1.50 bits per heavy atom. The van der Waals surface area contributed by atoms with Crippen LogP contribution in [0.1, 0.15) is 19.8 Å². The summed E-state index contributed by atoms with van der Waals surface area (Å²) in [7, 11) is -0.813. The molecule has 0 aromatic carbocycles. The van der Waals surface area contributed by atoms with Crippen molar-refractivity contribution in [3.63, 3.8) is 0 Å². The average molecular weight is 298 g/mol. The quantitative estimate of drug-likeness (QED) is 0.626. The summed E-state index contributed by atoms with van der Waals surface area (Å²) in [4.78, 5) is 10.9. The molecule has 0 heterocycles. The fourth-order valence-corrected chi connectivity index (χ4v) is 2.90. The van der Waals surface area contributed by atoms with E-state index in [9.17, 15) is 13.2 Å². The van der Waals surface area contributed by atoms with Gasteiger partial charge in [0, 0.05) is 19.6 Å². The topological polar surface area (TPSA) is 75.7 Å². The minimum atomic E-state index is -3.53. The molecule has 108 valence electrons. The van der Waals surface area contributed by atoms with E-state index in [1.807, 2.05) is 13.2 Å². The molecule has 0 aliphatic heterocycles. The van der Waals surface area contributed by atoms with Gasteiger partial charge >= 0.3 is 5.97 Å². The smallest absolute Gasteiger partial charge is 0.306 e. The van der Waals surface area contributed by atoms with Gasteiger partial charge in [0.25, 0.3) is 10.2 Å². The van der Waals surface area contributed by atoms with Crippen LogP contribution in [0.3, 0.4) is 0 Å². The molecular weight excluding hydrogens is 276 g/mol. The molecule has 0 aliphatic rings. The molecule has 0 aromatic rings. The second-order valence-electron chi connectivity index (χ2n) is 3.95. The Morgan fingerprint density at radius 3 is 2.61 bits per heavy atom. The number of methoxy groups -OCH3 is 1. The number of thioether (sulfide) groups is 1. The predicted octanol–water partition coefficient (Wildman–Crippen LogP) is 0.457. The summed E-state index contributed by atoms with van der Waals surface area (Å²) in [6.45, 7) is 1.93. The number of ether oxygens (including phenoxy) is 1. The Bertz CT molecular complexity index is 346. The van der Waals surface area contributed by atoms with Crippen molar-refractivity contribution in [2.75, 3.05) is 32.7 Å². The number of carbonyl (C=O) groups is 1. The number of esters is 1. The SMILES string of the molecule is COC(=O)CCN(C)S(=O)(=O)NC(C)CCSC. The van der Waals surface area contributed by atoms with Gasteiger partial charge in [-0.3, -0.25) is 4.79 Å². The van der Waals surface area contributed by atoms with Gasteiger partial charge in [-0.15, -0.1) is 0 Å². The minimum absolute atomic E-state index is 0.0487. The summed E-state index contributed by atoms with van der Waals surface area (Å²) < 4.78 is 31.9. The lowest BCUT2D eigenvalue weighted by Crippen LogP contribution is -2.43. The maximum Gasteiger partial charge on any atom is 0.306 e. The highest BCUT2D eigenvalue weighted by molar-refractivity contribution is 7.98. The molecule has 0 rings (SSSR count). The number of hydrogen-bond donors (Lipinski definition) is 1. The van der Waals surface area contributed by atoms with E-state index in [1.165, 1.54) is 14.2 Å². The number of rotatable bonds is 9. The van der Waals surface area contributed by atoms with Gasteiger partial charge in [0.15, 0.2) is 0 Å². The maximum absolute atomic E-state index is 11.9. The molecule has 0 bridgehead atoms. The standard InChI is InChI=1S/C10H22N2O4S2/c1-9(6-8-17-4)11-18(14,15)12(2)7-5-10(13)16-3/h9,11H,5-8H2,1-4H3. The molecule has 0 aromatic heterocycles. The minimum Gasteiger partial charge on any atom is -0.469 e. The van der Waals surface area contributed by atoms with E-state index in [4.69, 9.17) is 0 Å². The molecular formula is C10H22N2O4S2. The van der Waals surface area contributed by atoms with Crippen molar-refractivity contribution in [1.82, 2.24) is 9.03 Å². The molecule has 0 saturated carbocycles. The molecule has 0 fully saturated rings. The van der Waals surface area contributed by atoms with E-state index in [-0.39, 0.29) is 19.0 Å². The third-order valence-electron chi connectivity index (χ3n) is 2.37. The van der Waals surface area contributed by atoms with Gasteiger partial charge in [0.2, 0.25) is 0 Å². The summed E-state index contributed by atoms with van der Waals surface area (Å²) in [6, 6.07) is -0.122. The summed E-state index contributed by atoms with van der Waals surface area (Å²) in [5.41, 5.74) is 0. The van der Waals surface area contributed by atoms with Crippen molar-refractivity contribution in [3.05, 3.63) is 0 Å². The first kappa shape index (κ1) is 17.7. The zero-order chi connectivity index (χ0) is 14.2. The number of nitrogens with one attached hydrogen (secondary N) is 1. The normalized spacial score (nSPS) is 13.6. The van der Waals surface area contributed by atoms with Crippen LogP contribution in [0.2, 0.25) is 0 Å². The van der Waals surface area contributed by atoms with Crippen LogP contribution in [-0.4, -0.2) is 57.4 Å². The number of carbonyl (C=O) groups excluding carboxylic acids is 1. The van der Waals surface area contributed by atoms with Crippen molar-refractivity contribution in [2.24, 2.45) is 0 Å². The molecule has 8 heteroatoms. The van der Waals surface area contributed by atoms with Crippen molar-refractivity contribution in [1.29, 1.82) is 0 Å². The predicted molar refractivity (Wildman–Crippen MR) is 73.8 cm³/mol. The highest BCUT2D eigenvalue weighted by Gasteiger charge is 2.20. The van der Waals surface area contributed by atoms with Gasteiger partial charge in [-0.25, -0.2) is 0 Å². The fraction of sp³-hybridized carbons (Fsp3) is 0.900. The molecule has 18 heavy (non-hydrogen) atoms. The summed E-state index contributed by atoms with van der Waals surface area (Å²) >= 11 is 1.67. The molecule has 0 aliphatic carbocycles. The van der Waals surface area contributed by atoms with Gasteiger partial charge in [-0.1, -0.05) is 0 Å². The van der Waals surface area contributed by atoms with Gasteiger partial charge in [-0.05, 0) is 25.4 Å². The van der Waals surface area contributed by atoms with Crippen molar-refractivity contribution >= 4 is 27.9 Å². The number of nitrogens with zero attached hydrogens (tertiary/aromatic N) is 1. The molecule has 1 unspecified atom stereocenters. The van der Waals surface area contributed by atoms with E-state index in [0.717, 1.165) is 16.5 Å². The Hall–Kier alpha value is -0.310. The Balaban J connectivity index is 4.22. The van der Waals surface area contributed by atoms with Gasteiger partial charge < -0.3 is 4.74 Å². The third kappa shape index (κ3) is 7.20. The van der Waals surface area contributed by atoms with E-state index >= 15 is 0 Å². The molecule has 0 saturated heterocycles. The van der Waals surface area contributed by atoms with Gasteiger partial charge in [0.05, 0.1) is 13.5 Å². The largest absolute Gasteiger partial charge is 0.469 e. The first-order valence-corrected chi connectivity index (χ1v) is 8.46. The molecule has 1 atom stereocenters. The Morgan fingerprint density at radius 2 is 2.11 bits per heavy atom. The Labute approximate surface area is 114 Å². The van der Waals surface area contributed by atoms with E-state index in [0.29, 0.717) is 0 Å². The molecule has 0 spiro atoms. The average Bonchev–Trinajstić information content (AvgIpc) is 2.32. The van der Waals surface area contributed by atoms with Crippen molar-refractivity contribution in [3.8, 4) is 0 Å². The van der Waals surface area contributed by atoms with E-state index < -0.39 is 16.2 Å². The Kier molecular flexibility index (Phi) is 8.58. The zero-order valence-corrected chi connectivity index (χ0v) is 12.9. The fourth-order valence-electron chi connectivity index (χ4n) is 1.17. The molecule has 1 N–H and O–H groups in total. The van der Waals surface area contributed by atoms with E-state index in [1.54, 1.807) is 11.8 Å². The lowest BCUT2D eigenvalue weighted by Gasteiger charge is -2.20. The molecule has 6 nitrogen and oxygen atoms in total. The van der Waals surface area contributed by atoms with Crippen LogP contribution in [-0.2, 0) is 19.7 Å².